The first-order valence-corrected chi connectivity index (χ1v) is 10.9. The zero-order valence-corrected chi connectivity index (χ0v) is 17.4. The maximum absolute atomic E-state index is 13.2. The van der Waals surface area contributed by atoms with Crippen LogP contribution < -0.4 is 9.47 Å². The molecule has 3 heterocycles. The Kier molecular flexibility index (Phi) is 5.87. The van der Waals surface area contributed by atoms with Gasteiger partial charge in [0.25, 0.3) is 0 Å². The molecule has 4 rings (SSSR count). The fraction of sp³-hybridized carbons (Fsp3) is 0.500. The predicted molar refractivity (Wildman–Crippen MR) is 111 cm³/mol. The van der Waals surface area contributed by atoms with E-state index in [-0.39, 0.29) is 18.0 Å². The Labute approximate surface area is 170 Å². The molecule has 0 aliphatic carbocycles. The van der Waals surface area contributed by atoms with E-state index in [0.717, 1.165) is 55.8 Å². The third kappa shape index (κ3) is 3.76. The van der Waals surface area contributed by atoms with Gasteiger partial charge in [0.05, 0.1) is 26.8 Å². The Morgan fingerprint density at radius 3 is 2.68 bits per heavy atom. The largest absolute Gasteiger partial charge is 0.497 e. The molecule has 0 unspecified atom stereocenters. The standard InChI is InChI=1S/C22H28N2O3S/c1-26-16-9-10-20(27-2)17(14-16)18-6-3-11-23(18)15-22(25)24-12-4-7-19(24)21-8-5-13-28-21/h5,8-10,13-14,18-19H,3-4,6-7,11-12,15H2,1-2H3/t18-,19-/m0/s1. The van der Waals surface area contributed by atoms with Crippen LogP contribution >= 0.6 is 11.3 Å². The molecule has 5 nitrogen and oxygen atoms in total. The quantitative estimate of drug-likeness (QED) is 0.726. The third-order valence-corrected chi connectivity index (χ3v) is 6.92. The van der Waals surface area contributed by atoms with Gasteiger partial charge in [-0.1, -0.05) is 6.07 Å². The van der Waals surface area contributed by atoms with Gasteiger partial charge >= 0.3 is 0 Å². The average molecular weight is 401 g/mol. The summed E-state index contributed by atoms with van der Waals surface area (Å²) in [7, 11) is 3.38. The molecule has 1 aromatic heterocycles. The molecular weight excluding hydrogens is 372 g/mol. The molecule has 2 fully saturated rings. The van der Waals surface area contributed by atoms with Crippen LogP contribution in [0.4, 0.5) is 0 Å². The van der Waals surface area contributed by atoms with Crippen LogP contribution in [0.5, 0.6) is 11.5 Å². The summed E-state index contributed by atoms with van der Waals surface area (Å²) in [6, 6.07) is 10.6. The fourth-order valence-corrected chi connectivity index (χ4v) is 5.45. The van der Waals surface area contributed by atoms with Crippen LogP contribution in [0.1, 0.15) is 48.2 Å². The predicted octanol–water partition coefficient (Wildman–Crippen LogP) is 4.27. The van der Waals surface area contributed by atoms with Gasteiger partial charge in [0.15, 0.2) is 0 Å². The van der Waals surface area contributed by atoms with E-state index in [9.17, 15) is 4.79 Å². The third-order valence-electron chi connectivity index (χ3n) is 5.94. The minimum atomic E-state index is 0.191. The Balaban J connectivity index is 1.51. The highest BCUT2D eigenvalue weighted by Crippen LogP contribution is 2.40. The van der Waals surface area contributed by atoms with Gasteiger partial charge in [0.1, 0.15) is 11.5 Å². The number of likely N-dealkylation sites (tertiary alicyclic amines) is 2. The summed E-state index contributed by atoms with van der Waals surface area (Å²) in [5.41, 5.74) is 1.11. The van der Waals surface area contributed by atoms with E-state index < -0.39 is 0 Å². The van der Waals surface area contributed by atoms with Crippen molar-refractivity contribution in [2.45, 2.75) is 37.8 Å². The minimum Gasteiger partial charge on any atom is -0.497 e. The molecule has 150 valence electrons. The molecule has 1 aromatic carbocycles. The number of amides is 1. The maximum atomic E-state index is 13.2. The lowest BCUT2D eigenvalue weighted by atomic mass is 10.0. The number of carbonyl (C=O) groups is 1. The van der Waals surface area contributed by atoms with Gasteiger partial charge in [-0.2, -0.15) is 0 Å². The molecule has 0 N–H and O–H groups in total. The summed E-state index contributed by atoms with van der Waals surface area (Å²) >= 11 is 1.75. The molecule has 0 spiro atoms. The second kappa shape index (κ2) is 8.53. The van der Waals surface area contributed by atoms with Crippen molar-refractivity contribution in [1.29, 1.82) is 0 Å². The number of thiophene rings is 1. The highest BCUT2D eigenvalue weighted by Gasteiger charge is 2.35. The Morgan fingerprint density at radius 2 is 1.93 bits per heavy atom. The van der Waals surface area contributed by atoms with Gasteiger partial charge in [-0.15, -0.1) is 11.3 Å². The number of hydrogen-bond acceptors (Lipinski definition) is 5. The van der Waals surface area contributed by atoms with Crippen molar-refractivity contribution in [3.8, 4) is 11.5 Å². The molecule has 6 heteroatoms. The summed E-state index contributed by atoms with van der Waals surface area (Å²) in [4.78, 5) is 18.9. The van der Waals surface area contributed by atoms with E-state index in [2.05, 4.69) is 33.4 Å². The smallest absolute Gasteiger partial charge is 0.237 e. The van der Waals surface area contributed by atoms with Gasteiger partial charge in [-0.25, -0.2) is 0 Å². The van der Waals surface area contributed by atoms with E-state index in [4.69, 9.17) is 9.47 Å². The van der Waals surface area contributed by atoms with Crippen molar-refractivity contribution in [2.75, 3.05) is 33.9 Å². The zero-order valence-electron chi connectivity index (χ0n) is 16.6. The first-order valence-electron chi connectivity index (χ1n) is 10.00. The van der Waals surface area contributed by atoms with E-state index in [1.54, 1.807) is 25.6 Å². The zero-order chi connectivity index (χ0) is 19.5. The van der Waals surface area contributed by atoms with Gasteiger partial charge in [0, 0.05) is 23.0 Å². The van der Waals surface area contributed by atoms with E-state index in [0.29, 0.717) is 6.54 Å². The number of hydrogen-bond donors (Lipinski definition) is 0. The molecule has 0 bridgehead atoms. The molecule has 2 aromatic rings. The summed E-state index contributed by atoms with van der Waals surface area (Å²) < 4.78 is 11.0. The van der Waals surface area contributed by atoms with Crippen LogP contribution in [-0.2, 0) is 4.79 Å². The summed E-state index contributed by atoms with van der Waals surface area (Å²) in [6.07, 6.45) is 4.28. The summed E-state index contributed by atoms with van der Waals surface area (Å²) in [5.74, 6) is 1.93. The number of benzene rings is 1. The Hall–Kier alpha value is -2.05. The lowest BCUT2D eigenvalue weighted by molar-refractivity contribution is -0.133. The molecule has 2 aliphatic rings. The number of methoxy groups -OCH3 is 2. The molecule has 2 atom stereocenters. The van der Waals surface area contributed by atoms with Crippen LogP contribution in [0.15, 0.2) is 35.7 Å². The second-order valence-electron chi connectivity index (χ2n) is 7.50. The molecule has 0 radical (unpaired) electrons. The van der Waals surface area contributed by atoms with Crippen molar-refractivity contribution in [1.82, 2.24) is 9.80 Å². The topological polar surface area (TPSA) is 42.0 Å². The molecule has 2 aliphatic heterocycles. The molecule has 0 saturated carbocycles. The highest BCUT2D eigenvalue weighted by molar-refractivity contribution is 7.10. The SMILES string of the molecule is COc1ccc(OC)c([C@@H]2CCCN2CC(=O)N2CCC[C@H]2c2cccs2)c1. The lowest BCUT2D eigenvalue weighted by Crippen LogP contribution is -2.39. The van der Waals surface area contributed by atoms with Gasteiger partial charge < -0.3 is 14.4 Å². The Morgan fingerprint density at radius 1 is 1.11 bits per heavy atom. The van der Waals surface area contributed by atoms with Crippen molar-refractivity contribution >= 4 is 17.2 Å². The van der Waals surface area contributed by atoms with E-state index in [1.807, 2.05) is 12.1 Å². The van der Waals surface area contributed by atoms with E-state index in [1.165, 1.54) is 4.88 Å². The van der Waals surface area contributed by atoms with Crippen LogP contribution in [0.25, 0.3) is 0 Å². The van der Waals surface area contributed by atoms with Crippen LogP contribution in [0, 0.1) is 0 Å². The molecular formula is C22H28N2O3S. The van der Waals surface area contributed by atoms with Crippen LogP contribution in [-0.4, -0.2) is 49.6 Å². The highest BCUT2D eigenvalue weighted by atomic mass is 32.1. The first kappa shape index (κ1) is 19.3. The normalized spacial score (nSPS) is 22.6. The summed E-state index contributed by atoms with van der Waals surface area (Å²) in [5, 5.41) is 2.10. The first-order chi connectivity index (χ1) is 13.7. The van der Waals surface area contributed by atoms with E-state index >= 15 is 0 Å². The minimum absolute atomic E-state index is 0.191. The van der Waals surface area contributed by atoms with Crippen molar-refractivity contribution < 1.29 is 14.3 Å². The second-order valence-corrected chi connectivity index (χ2v) is 8.48. The fourth-order valence-electron chi connectivity index (χ4n) is 4.57. The molecule has 28 heavy (non-hydrogen) atoms. The molecule has 2 saturated heterocycles. The van der Waals surface area contributed by atoms with Crippen molar-refractivity contribution in [2.24, 2.45) is 0 Å². The molecule has 1 amide bonds. The van der Waals surface area contributed by atoms with Crippen molar-refractivity contribution in [3.05, 3.63) is 46.2 Å². The summed E-state index contributed by atoms with van der Waals surface area (Å²) in [6.45, 7) is 2.27. The average Bonchev–Trinajstić information content (AvgIpc) is 3.47. The van der Waals surface area contributed by atoms with Gasteiger partial charge in [0.2, 0.25) is 5.91 Å². The van der Waals surface area contributed by atoms with Gasteiger partial charge in [-0.3, -0.25) is 9.69 Å². The lowest BCUT2D eigenvalue weighted by Gasteiger charge is -2.30. The van der Waals surface area contributed by atoms with Crippen molar-refractivity contribution in [3.63, 3.8) is 0 Å². The monoisotopic (exact) mass is 400 g/mol. The van der Waals surface area contributed by atoms with Crippen LogP contribution in [0.2, 0.25) is 0 Å². The number of ether oxygens (including phenoxy) is 2. The number of carbonyl (C=O) groups excluding carboxylic acids is 1. The van der Waals surface area contributed by atoms with Gasteiger partial charge in [-0.05, 0) is 61.9 Å². The van der Waals surface area contributed by atoms with Crippen LogP contribution in [0.3, 0.4) is 0 Å². The maximum Gasteiger partial charge on any atom is 0.237 e. The number of rotatable bonds is 6. The Bertz CT molecular complexity index is 808. The number of nitrogens with zero attached hydrogens (tertiary/aromatic N) is 2.